The largest absolute Gasteiger partial charge is 0.366 e. The smallest absolute Gasteiger partial charge is 0.248 e. The van der Waals surface area contributed by atoms with Crippen LogP contribution in [-0.2, 0) is 0 Å². The molecule has 0 bridgehead atoms. The summed E-state index contributed by atoms with van der Waals surface area (Å²) < 4.78 is 0. The number of nitrogens with two attached hydrogens (primary N) is 1. The molecule has 1 amide bonds. The topological polar surface area (TPSA) is 43.1 Å². The van der Waals surface area contributed by atoms with Gasteiger partial charge in [-0.15, -0.1) is 0 Å². The van der Waals surface area contributed by atoms with Gasteiger partial charge in [-0.1, -0.05) is 55.7 Å². The van der Waals surface area contributed by atoms with Gasteiger partial charge in [0.1, 0.15) is 0 Å². The van der Waals surface area contributed by atoms with E-state index in [0.29, 0.717) is 11.5 Å². The lowest BCUT2D eigenvalue weighted by molar-refractivity contribution is 0.100. The van der Waals surface area contributed by atoms with Crippen LogP contribution in [0.2, 0.25) is 0 Å². The van der Waals surface area contributed by atoms with Crippen molar-refractivity contribution in [2.24, 2.45) is 5.73 Å². The highest BCUT2D eigenvalue weighted by Crippen LogP contribution is 2.37. The highest BCUT2D eigenvalue weighted by atomic mass is 16.1. The Bertz CT molecular complexity index is 624. The maximum absolute atomic E-state index is 11.2. The lowest BCUT2D eigenvalue weighted by Crippen LogP contribution is -2.10. The zero-order valence-corrected chi connectivity index (χ0v) is 12.2. The van der Waals surface area contributed by atoms with E-state index in [1.807, 2.05) is 24.3 Å². The van der Waals surface area contributed by atoms with Gasteiger partial charge in [-0.3, -0.25) is 4.79 Å². The minimum Gasteiger partial charge on any atom is -0.366 e. The molecule has 2 aromatic carbocycles. The van der Waals surface area contributed by atoms with Crippen molar-refractivity contribution in [2.45, 2.75) is 38.0 Å². The number of carbonyl (C=O) groups excluding carboxylic acids is 1. The lowest BCUT2D eigenvalue weighted by atomic mass is 9.81. The zero-order valence-electron chi connectivity index (χ0n) is 12.2. The maximum Gasteiger partial charge on any atom is 0.248 e. The third-order valence-electron chi connectivity index (χ3n) is 4.49. The molecular formula is C19H21NO. The number of benzene rings is 2. The Hall–Kier alpha value is -2.09. The molecule has 0 aromatic heterocycles. The van der Waals surface area contributed by atoms with Crippen molar-refractivity contribution in [1.82, 2.24) is 0 Å². The van der Waals surface area contributed by atoms with Gasteiger partial charge in [0.15, 0.2) is 0 Å². The molecule has 0 saturated heterocycles. The molecule has 108 valence electrons. The van der Waals surface area contributed by atoms with Crippen molar-refractivity contribution >= 4 is 5.91 Å². The summed E-state index contributed by atoms with van der Waals surface area (Å²) >= 11 is 0. The number of carbonyl (C=O) groups is 1. The predicted octanol–water partition coefficient (Wildman–Crippen LogP) is 4.50. The molecule has 2 heteroatoms. The van der Waals surface area contributed by atoms with Gasteiger partial charge in [-0.2, -0.15) is 0 Å². The molecule has 1 aliphatic rings. The molecule has 0 radical (unpaired) electrons. The van der Waals surface area contributed by atoms with Crippen LogP contribution in [0.3, 0.4) is 0 Å². The second kappa shape index (κ2) is 6.13. The minimum atomic E-state index is -0.373. The van der Waals surface area contributed by atoms with E-state index in [9.17, 15) is 4.79 Å². The Labute approximate surface area is 126 Å². The first-order valence-corrected chi connectivity index (χ1v) is 7.75. The number of hydrogen-bond acceptors (Lipinski definition) is 1. The number of hydrogen-bond donors (Lipinski definition) is 1. The van der Waals surface area contributed by atoms with Gasteiger partial charge < -0.3 is 5.73 Å². The third kappa shape index (κ3) is 2.99. The molecule has 0 spiro atoms. The molecule has 0 aliphatic heterocycles. The fourth-order valence-corrected chi connectivity index (χ4v) is 3.34. The number of amides is 1. The second-order valence-corrected chi connectivity index (χ2v) is 5.86. The van der Waals surface area contributed by atoms with Crippen LogP contribution in [-0.4, -0.2) is 5.91 Å². The first kappa shape index (κ1) is 13.9. The molecule has 0 unspecified atom stereocenters. The van der Waals surface area contributed by atoms with Crippen molar-refractivity contribution < 1.29 is 4.79 Å². The average molecular weight is 279 g/mol. The van der Waals surface area contributed by atoms with Crippen LogP contribution >= 0.6 is 0 Å². The van der Waals surface area contributed by atoms with Gasteiger partial charge in [0.25, 0.3) is 0 Å². The molecule has 2 aromatic rings. The van der Waals surface area contributed by atoms with E-state index >= 15 is 0 Å². The van der Waals surface area contributed by atoms with E-state index in [1.165, 1.54) is 48.8 Å². The fraction of sp³-hybridized carbons (Fsp3) is 0.316. The minimum absolute atomic E-state index is 0.373. The average Bonchev–Trinajstić information content (AvgIpc) is 2.56. The van der Waals surface area contributed by atoms with Crippen LogP contribution in [0.4, 0.5) is 0 Å². The Kier molecular flexibility index (Phi) is 4.05. The van der Waals surface area contributed by atoms with E-state index in [4.69, 9.17) is 5.73 Å². The fourth-order valence-electron chi connectivity index (χ4n) is 3.34. The van der Waals surface area contributed by atoms with Crippen LogP contribution in [0, 0.1) is 0 Å². The predicted molar refractivity (Wildman–Crippen MR) is 86.2 cm³/mol. The number of primary amides is 1. The van der Waals surface area contributed by atoms with Gasteiger partial charge in [-0.25, -0.2) is 0 Å². The monoisotopic (exact) mass is 279 g/mol. The third-order valence-corrected chi connectivity index (χ3v) is 4.49. The molecule has 1 saturated carbocycles. The summed E-state index contributed by atoms with van der Waals surface area (Å²) in [7, 11) is 0. The summed E-state index contributed by atoms with van der Waals surface area (Å²) in [5, 5.41) is 0. The van der Waals surface area contributed by atoms with E-state index in [0.717, 1.165) is 0 Å². The van der Waals surface area contributed by atoms with Gasteiger partial charge >= 0.3 is 0 Å². The van der Waals surface area contributed by atoms with Crippen molar-refractivity contribution in [1.29, 1.82) is 0 Å². The highest BCUT2D eigenvalue weighted by molar-refractivity contribution is 5.93. The molecule has 1 fully saturated rings. The summed E-state index contributed by atoms with van der Waals surface area (Å²) in [6.07, 6.45) is 6.61. The van der Waals surface area contributed by atoms with Crippen LogP contribution < -0.4 is 5.73 Å². The first-order chi connectivity index (χ1) is 10.3. The number of rotatable bonds is 3. The Morgan fingerprint density at radius 1 is 0.905 bits per heavy atom. The van der Waals surface area contributed by atoms with Gasteiger partial charge in [0, 0.05) is 5.56 Å². The summed E-state index contributed by atoms with van der Waals surface area (Å²) in [5.74, 6) is 0.299. The van der Waals surface area contributed by atoms with Crippen LogP contribution in [0.15, 0.2) is 48.5 Å². The highest BCUT2D eigenvalue weighted by Gasteiger charge is 2.18. The standard InChI is InChI=1S/C19H21NO/c20-19(21)16-12-10-15(11-13-16)18-9-5-4-8-17(18)14-6-2-1-3-7-14/h4-5,8-14H,1-3,6-7H2,(H2,20,21). The summed E-state index contributed by atoms with van der Waals surface area (Å²) in [4.78, 5) is 11.2. The zero-order chi connectivity index (χ0) is 14.7. The maximum atomic E-state index is 11.2. The van der Waals surface area contributed by atoms with Crippen molar-refractivity contribution in [3.8, 4) is 11.1 Å². The van der Waals surface area contributed by atoms with Gasteiger partial charge in [0.2, 0.25) is 5.91 Å². The molecule has 3 rings (SSSR count). The summed E-state index contributed by atoms with van der Waals surface area (Å²) in [5.41, 5.74) is 9.78. The molecular weight excluding hydrogens is 258 g/mol. The lowest BCUT2D eigenvalue weighted by Gasteiger charge is -2.24. The quantitative estimate of drug-likeness (QED) is 0.883. The molecule has 0 atom stereocenters. The molecule has 0 heterocycles. The molecule has 2 nitrogen and oxygen atoms in total. The van der Waals surface area contributed by atoms with E-state index in [2.05, 4.69) is 24.3 Å². The van der Waals surface area contributed by atoms with Crippen LogP contribution in [0.25, 0.3) is 11.1 Å². The van der Waals surface area contributed by atoms with E-state index in [1.54, 1.807) is 0 Å². The molecule has 2 N–H and O–H groups in total. The SMILES string of the molecule is NC(=O)c1ccc(-c2ccccc2C2CCCCC2)cc1. The van der Waals surface area contributed by atoms with Gasteiger partial charge in [-0.05, 0) is 47.6 Å². The normalized spacial score (nSPS) is 15.8. The summed E-state index contributed by atoms with van der Waals surface area (Å²) in [6, 6.07) is 16.3. The Balaban J connectivity index is 1.96. The van der Waals surface area contributed by atoms with Crippen molar-refractivity contribution in [3.05, 3.63) is 59.7 Å². The first-order valence-electron chi connectivity index (χ1n) is 7.75. The molecule has 21 heavy (non-hydrogen) atoms. The van der Waals surface area contributed by atoms with Crippen molar-refractivity contribution in [3.63, 3.8) is 0 Å². The van der Waals surface area contributed by atoms with Crippen LogP contribution in [0.5, 0.6) is 0 Å². The summed E-state index contributed by atoms with van der Waals surface area (Å²) in [6.45, 7) is 0. The van der Waals surface area contributed by atoms with E-state index in [-0.39, 0.29) is 5.91 Å². The Morgan fingerprint density at radius 2 is 1.57 bits per heavy atom. The van der Waals surface area contributed by atoms with E-state index < -0.39 is 0 Å². The second-order valence-electron chi connectivity index (χ2n) is 5.86. The van der Waals surface area contributed by atoms with Crippen LogP contribution in [0.1, 0.15) is 53.9 Å². The van der Waals surface area contributed by atoms with Crippen molar-refractivity contribution in [2.75, 3.05) is 0 Å². The van der Waals surface area contributed by atoms with Gasteiger partial charge in [0.05, 0.1) is 0 Å². The Morgan fingerprint density at radius 3 is 2.24 bits per heavy atom. The molecule has 1 aliphatic carbocycles.